The van der Waals surface area contributed by atoms with Gasteiger partial charge in [0.25, 0.3) is 0 Å². The molecular weight excluding hydrogens is 427 g/mol. The van der Waals surface area contributed by atoms with Crippen LogP contribution in [-0.2, 0) is 0 Å². The van der Waals surface area contributed by atoms with E-state index >= 15 is 0 Å². The van der Waals surface area contributed by atoms with E-state index in [-0.39, 0.29) is 0 Å². The van der Waals surface area contributed by atoms with Gasteiger partial charge < -0.3 is 9.47 Å². The average molecular weight is 473 g/mol. The van der Waals surface area contributed by atoms with Crippen molar-refractivity contribution >= 4 is 0 Å². The zero-order valence-corrected chi connectivity index (χ0v) is 21.4. The molecule has 0 unspecified atom stereocenters. The summed E-state index contributed by atoms with van der Waals surface area (Å²) < 4.78 is 25.2. The Hall–Kier alpha value is -2.17. The first kappa shape index (κ1) is 28.1. The Balaban J connectivity index is 1.60. The van der Waals surface area contributed by atoms with Gasteiger partial charge in [-0.1, -0.05) is 71.6 Å². The van der Waals surface area contributed by atoms with E-state index in [1.165, 1.54) is 44.9 Å². The van der Waals surface area contributed by atoms with Crippen LogP contribution in [0.4, 0.5) is 4.39 Å². The van der Waals surface area contributed by atoms with Gasteiger partial charge in [0, 0.05) is 5.56 Å². The molecule has 0 bridgehead atoms. The van der Waals surface area contributed by atoms with Crippen molar-refractivity contribution < 1.29 is 13.9 Å². The summed E-state index contributed by atoms with van der Waals surface area (Å²) in [5.74, 6) is 2.20. The van der Waals surface area contributed by atoms with Crippen molar-refractivity contribution in [3.8, 4) is 22.9 Å². The summed E-state index contributed by atoms with van der Waals surface area (Å²) in [5, 5.41) is 0. The first-order valence-corrected chi connectivity index (χ1v) is 13.5. The second kappa shape index (κ2) is 18.2. The maximum atomic E-state index is 13.7. The van der Waals surface area contributed by atoms with Crippen LogP contribution < -0.4 is 9.47 Å². The molecule has 0 spiro atoms. The van der Waals surface area contributed by atoms with Crippen molar-refractivity contribution in [1.29, 1.82) is 0 Å². The van der Waals surface area contributed by atoms with Crippen molar-refractivity contribution in [2.75, 3.05) is 13.2 Å². The highest BCUT2D eigenvalue weighted by Crippen LogP contribution is 2.21. The number of unbranched alkanes of at least 4 members (excludes halogenated alkanes) is 9. The average Bonchev–Trinajstić information content (AvgIpc) is 2.87. The van der Waals surface area contributed by atoms with Gasteiger partial charge in [0.05, 0.1) is 25.6 Å². The normalized spacial score (nSPS) is 12.0. The predicted octanol–water partition coefficient (Wildman–Crippen LogP) is 8.74. The number of rotatable bonds is 20. The van der Waals surface area contributed by atoms with Gasteiger partial charge >= 0.3 is 0 Å². The van der Waals surface area contributed by atoms with Crippen LogP contribution in [0.2, 0.25) is 0 Å². The zero-order valence-electron chi connectivity index (χ0n) is 21.4. The molecule has 1 aromatic carbocycles. The van der Waals surface area contributed by atoms with Crippen LogP contribution in [-0.4, -0.2) is 29.4 Å². The SMILES string of the molecule is CCCCCCCCCCOc1ccc(-c2ncc(OCCCC[C@H](F)CCCC)cn2)cc1. The van der Waals surface area contributed by atoms with Crippen LogP contribution in [0.3, 0.4) is 0 Å². The quantitative estimate of drug-likeness (QED) is 0.181. The molecule has 0 N–H and O–H groups in total. The summed E-state index contributed by atoms with van der Waals surface area (Å²) in [6, 6.07) is 7.94. The van der Waals surface area contributed by atoms with Gasteiger partial charge in [-0.15, -0.1) is 0 Å². The van der Waals surface area contributed by atoms with Crippen molar-refractivity contribution in [3.05, 3.63) is 36.7 Å². The molecule has 34 heavy (non-hydrogen) atoms. The van der Waals surface area contributed by atoms with Crippen molar-refractivity contribution in [1.82, 2.24) is 9.97 Å². The van der Waals surface area contributed by atoms with Gasteiger partial charge in [0.2, 0.25) is 0 Å². The van der Waals surface area contributed by atoms with E-state index in [0.717, 1.165) is 50.0 Å². The number of benzene rings is 1. The molecule has 0 fully saturated rings. The molecule has 190 valence electrons. The molecule has 0 amide bonds. The Morgan fingerprint density at radius 3 is 1.82 bits per heavy atom. The molecule has 5 heteroatoms. The van der Waals surface area contributed by atoms with Gasteiger partial charge in [0.15, 0.2) is 11.6 Å². The Kier molecular flexibility index (Phi) is 15.0. The minimum absolute atomic E-state index is 0.564. The first-order chi connectivity index (χ1) is 16.7. The van der Waals surface area contributed by atoms with Crippen LogP contribution in [0.1, 0.15) is 104 Å². The molecule has 1 heterocycles. The van der Waals surface area contributed by atoms with Crippen LogP contribution in [0.5, 0.6) is 11.5 Å². The van der Waals surface area contributed by atoms with Gasteiger partial charge in [0.1, 0.15) is 11.9 Å². The van der Waals surface area contributed by atoms with Crippen molar-refractivity contribution in [2.45, 2.75) is 110 Å². The maximum Gasteiger partial charge on any atom is 0.159 e. The standard InChI is InChI=1S/C29H45FN2O2/c1-3-5-7-8-9-10-11-13-21-33-27-19-17-25(18-20-27)29-31-23-28(24-32-29)34-22-14-12-16-26(30)15-6-4-2/h17-20,23-24,26H,3-16,21-22H2,1-2H3/t26-/m1/s1. The topological polar surface area (TPSA) is 44.2 Å². The highest BCUT2D eigenvalue weighted by atomic mass is 19.1. The molecule has 0 aliphatic carbocycles. The molecule has 2 rings (SSSR count). The summed E-state index contributed by atoms with van der Waals surface area (Å²) in [4.78, 5) is 8.85. The molecule has 0 saturated carbocycles. The molecule has 4 nitrogen and oxygen atoms in total. The highest BCUT2D eigenvalue weighted by molar-refractivity contribution is 5.56. The Bertz CT molecular complexity index is 737. The molecule has 2 aromatic rings. The van der Waals surface area contributed by atoms with Crippen LogP contribution >= 0.6 is 0 Å². The lowest BCUT2D eigenvalue weighted by Crippen LogP contribution is -2.03. The molecule has 0 saturated heterocycles. The van der Waals surface area contributed by atoms with Crippen molar-refractivity contribution in [3.63, 3.8) is 0 Å². The number of aromatic nitrogens is 2. The monoisotopic (exact) mass is 472 g/mol. The highest BCUT2D eigenvalue weighted by Gasteiger charge is 2.06. The summed E-state index contributed by atoms with van der Waals surface area (Å²) >= 11 is 0. The fourth-order valence-electron chi connectivity index (χ4n) is 3.89. The number of nitrogens with zero attached hydrogens (tertiary/aromatic N) is 2. The van der Waals surface area contributed by atoms with Gasteiger partial charge in [-0.3, -0.25) is 0 Å². The number of ether oxygens (including phenoxy) is 2. The lowest BCUT2D eigenvalue weighted by atomic mass is 10.1. The van der Waals surface area contributed by atoms with E-state index in [0.29, 0.717) is 31.0 Å². The third-order valence-corrected chi connectivity index (χ3v) is 6.06. The fourth-order valence-corrected chi connectivity index (χ4v) is 3.89. The first-order valence-electron chi connectivity index (χ1n) is 13.5. The summed E-state index contributed by atoms with van der Waals surface area (Å²) in [6.07, 6.45) is 18.1. The van der Waals surface area contributed by atoms with E-state index in [2.05, 4.69) is 23.8 Å². The fraction of sp³-hybridized carbons (Fsp3) is 0.655. The third-order valence-electron chi connectivity index (χ3n) is 6.06. The second-order valence-corrected chi connectivity index (χ2v) is 9.17. The summed E-state index contributed by atoms with van der Waals surface area (Å²) in [7, 11) is 0. The van der Waals surface area contributed by atoms with Crippen LogP contribution in [0, 0.1) is 0 Å². The van der Waals surface area contributed by atoms with Gasteiger partial charge in [-0.2, -0.15) is 0 Å². The smallest absolute Gasteiger partial charge is 0.159 e. The minimum Gasteiger partial charge on any atom is -0.494 e. The van der Waals surface area contributed by atoms with Gasteiger partial charge in [-0.05, 0) is 56.4 Å². The number of hydrogen-bond donors (Lipinski definition) is 0. The Morgan fingerprint density at radius 2 is 1.18 bits per heavy atom. The molecule has 1 atom stereocenters. The Morgan fingerprint density at radius 1 is 0.647 bits per heavy atom. The van der Waals surface area contributed by atoms with Gasteiger partial charge in [-0.25, -0.2) is 14.4 Å². The second-order valence-electron chi connectivity index (χ2n) is 9.17. The summed E-state index contributed by atoms with van der Waals surface area (Å²) in [6.45, 7) is 5.68. The number of alkyl halides is 1. The maximum absolute atomic E-state index is 13.7. The Labute approximate surface area is 206 Å². The van der Waals surface area contributed by atoms with E-state index in [1.807, 2.05) is 24.3 Å². The van der Waals surface area contributed by atoms with Crippen LogP contribution in [0.15, 0.2) is 36.7 Å². The minimum atomic E-state index is -0.676. The largest absolute Gasteiger partial charge is 0.494 e. The molecular formula is C29H45FN2O2. The third kappa shape index (κ3) is 12.3. The zero-order chi connectivity index (χ0) is 24.3. The lowest BCUT2D eigenvalue weighted by molar-refractivity contribution is 0.261. The van der Waals surface area contributed by atoms with Crippen molar-refractivity contribution in [2.24, 2.45) is 0 Å². The number of hydrogen-bond acceptors (Lipinski definition) is 4. The molecule has 1 aromatic heterocycles. The van der Waals surface area contributed by atoms with E-state index in [9.17, 15) is 4.39 Å². The number of halogens is 1. The van der Waals surface area contributed by atoms with Crippen LogP contribution in [0.25, 0.3) is 11.4 Å². The lowest BCUT2D eigenvalue weighted by Gasteiger charge is -2.09. The summed E-state index contributed by atoms with van der Waals surface area (Å²) in [5.41, 5.74) is 0.951. The van der Waals surface area contributed by atoms with E-state index in [1.54, 1.807) is 12.4 Å². The predicted molar refractivity (Wildman–Crippen MR) is 139 cm³/mol. The molecule has 0 aliphatic heterocycles. The van der Waals surface area contributed by atoms with E-state index in [4.69, 9.17) is 9.47 Å². The molecule has 0 radical (unpaired) electrons. The molecule has 0 aliphatic rings. The van der Waals surface area contributed by atoms with E-state index < -0.39 is 6.17 Å².